The molecule has 0 radical (unpaired) electrons. The largest absolute Gasteiger partial charge is 0.453 e. The van der Waals surface area contributed by atoms with Crippen LogP contribution in [-0.4, -0.2) is 84.4 Å². The van der Waals surface area contributed by atoms with Crippen molar-refractivity contribution in [3.63, 3.8) is 0 Å². The lowest BCUT2D eigenvalue weighted by Crippen LogP contribution is -2.61. The van der Waals surface area contributed by atoms with Crippen LogP contribution in [0.15, 0.2) is 0 Å². The molecule has 3 atom stereocenters. The van der Waals surface area contributed by atoms with E-state index in [-0.39, 0.29) is 47.4 Å². The second kappa shape index (κ2) is 8.96. The molecule has 0 aromatic carbocycles. The summed E-state index contributed by atoms with van der Waals surface area (Å²) in [6, 6.07) is 0.0590. The van der Waals surface area contributed by atoms with Crippen molar-refractivity contribution in [3.05, 3.63) is 0 Å². The first-order valence-corrected chi connectivity index (χ1v) is 12.7. The van der Waals surface area contributed by atoms with Crippen molar-refractivity contribution in [2.24, 2.45) is 23.2 Å². The summed E-state index contributed by atoms with van der Waals surface area (Å²) in [4.78, 5) is 41.7. The fourth-order valence-corrected chi connectivity index (χ4v) is 7.52. The van der Waals surface area contributed by atoms with Gasteiger partial charge in [-0.3, -0.25) is 4.79 Å². The third-order valence-electron chi connectivity index (χ3n) is 9.01. The molecule has 184 valence electrons. The Balaban J connectivity index is 1.14. The number of likely N-dealkylation sites (tertiary alicyclic amines) is 2. The molecule has 6 fully saturated rings. The third kappa shape index (κ3) is 4.40. The molecular weight excluding hydrogens is 424 g/mol. The van der Waals surface area contributed by atoms with E-state index in [4.69, 9.17) is 0 Å². The lowest BCUT2D eigenvalue weighted by atomic mass is 9.48. The number of ether oxygens (including phenoxy) is 1. The predicted molar refractivity (Wildman–Crippen MR) is 120 cm³/mol. The Morgan fingerprint density at radius 1 is 0.909 bits per heavy atom. The van der Waals surface area contributed by atoms with Gasteiger partial charge in [-0.05, 0) is 75.5 Å². The highest BCUT2D eigenvalue weighted by atomic mass is 16.5. The topological polar surface area (TPSA) is 111 Å². The van der Waals surface area contributed by atoms with E-state index >= 15 is 0 Å². The third-order valence-corrected chi connectivity index (χ3v) is 9.01. The van der Waals surface area contributed by atoms with Crippen molar-refractivity contribution >= 4 is 18.0 Å². The Kier molecular flexibility index (Phi) is 6.18. The molecule has 2 aliphatic heterocycles. The van der Waals surface area contributed by atoms with Crippen molar-refractivity contribution < 1.29 is 24.2 Å². The molecule has 6 aliphatic rings. The monoisotopic (exact) mass is 462 g/mol. The van der Waals surface area contributed by atoms with Crippen LogP contribution in [0, 0.1) is 23.2 Å². The molecule has 4 bridgehead atoms. The minimum absolute atomic E-state index is 0.00772. The van der Waals surface area contributed by atoms with Gasteiger partial charge in [0.05, 0.1) is 18.6 Å². The quantitative estimate of drug-likeness (QED) is 0.591. The summed E-state index contributed by atoms with van der Waals surface area (Å²) in [5.41, 5.74) is -0.309. The number of hydrogen-bond acceptors (Lipinski definition) is 5. The van der Waals surface area contributed by atoms with E-state index in [1.165, 1.54) is 7.11 Å². The number of urea groups is 1. The zero-order valence-electron chi connectivity index (χ0n) is 19.6. The van der Waals surface area contributed by atoms with Gasteiger partial charge >= 0.3 is 12.1 Å². The second-order valence-electron chi connectivity index (χ2n) is 11.2. The SMILES string of the molecule is COC(=O)NC1CCN(C(=O)N2CCC[C@H](NC(=O)C34CC5CC(C3)C(O)C(C5)C4)C2)CC1. The smallest absolute Gasteiger partial charge is 0.407 e. The number of piperidine rings is 2. The summed E-state index contributed by atoms with van der Waals surface area (Å²) in [5.74, 6) is 1.30. The van der Waals surface area contributed by atoms with Gasteiger partial charge in [0.1, 0.15) is 0 Å². The Morgan fingerprint density at radius 2 is 1.61 bits per heavy atom. The van der Waals surface area contributed by atoms with Gasteiger partial charge in [0, 0.05) is 38.3 Å². The maximum atomic E-state index is 13.4. The van der Waals surface area contributed by atoms with Crippen LogP contribution >= 0.6 is 0 Å². The van der Waals surface area contributed by atoms with E-state index in [0.29, 0.717) is 38.4 Å². The number of alkyl carbamates (subject to hydrolysis) is 1. The Bertz CT molecular complexity index is 767. The van der Waals surface area contributed by atoms with Crippen LogP contribution in [0.1, 0.15) is 57.8 Å². The van der Waals surface area contributed by atoms with Crippen LogP contribution in [0.3, 0.4) is 0 Å². The van der Waals surface area contributed by atoms with E-state index in [1.54, 1.807) is 0 Å². The standard InChI is InChI=1S/C24H38N4O5/c1-33-22(31)26-18-4-7-27(8-5-18)23(32)28-6-2-3-19(14-28)25-21(30)24-11-15-9-16(12-24)20(29)17(10-15)13-24/h15-20,29H,2-14H2,1H3,(H,25,30)(H,26,31)/t15?,16?,17?,19-,20?,24?/m0/s1. The molecule has 9 nitrogen and oxygen atoms in total. The Labute approximate surface area is 195 Å². The van der Waals surface area contributed by atoms with Crippen molar-refractivity contribution in [2.45, 2.75) is 76.0 Å². The fraction of sp³-hybridized carbons (Fsp3) is 0.875. The van der Waals surface area contributed by atoms with Crippen LogP contribution < -0.4 is 10.6 Å². The zero-order valence-corrected chi connectivity index (χ0v) is 19.6. The van der Waals surface area contributed by atoms with E-state index in [9.17, 15) is 19.5 Å². The Hall–Kier alpha value is -2.03. The van der Waals surface area contributed by atoms with Gasteiger partial charge in [-0.1, -0.05) is 0 Å². The van der Waals surface area contributed by atoms with Crippen molar-refractivity contribution in [1.29, 1.82) is 0 Å². The number of nitrogens with zero attached hydrogens (tertiary/aromatic N) is 2. The van der Waals surface area contributed by atoms with Gasteiger partial charge < -0.3 is 30.3 Å². The van der Waals surface area contributed by atoms with Gasteiger partial charge in [-0.2, -0.15) is 0 Å². The molecule has 6 rings (SSSR count). The summed E-state index contributed by atoms with van der Waals surface area (Å²) in [5, 5.41) is 16.7. The highest BCUT2D eigenvalue weighted by Gasteiger charge is 2.58. The fourth-order valence-electron chi connectivity index (χ4n) is 7.52. The zero-order chi connectivity index (χ0) is 23.2. The maximum Gasteiger partial charge on any atom is 0.407 e. The number of rotatable bonds is 3. The van der Waals surface area contributed by atoms with Crippen molar-refractivity contribution in [2.75, 3.05) is 33.3 Å². The average molecular weight is 463 g/mol. The van der Waals surface area contributed by atoms with Crippen LogP contribution in [0.2, 0.25) is 0 Å². The number of methoxy groups -OCH3 is 1. The molecule has 33 heavy (non-hydrogen) atoms. The average Bonchev–Trinajstić information content (AvgIpc) is 2.82. The minimum atomic E-state index is -0.428. The molecule has 3 N–H and O–H groups in total. The first-order valence-electron chi connectivity index (χ1n) is 12.7. The van der Waals surface area contributed by atoms with Crippen LogP contribution in [0.25, 0.3) is 0 Å². The summed E-state index contributed by atoms with van der Waals surface area (Å²) in [6.07, 6.45) is 7.30. The van der Waals surface area contributed by atoms with E-state index in [2.05, 4.69) is 15.4 Å². The summed E-state index contributed by atoms with van der Waals surface area (Å²) in [7, 11) is 1.35. The van der Waals surface area contributed by atoms with E-state index in [0.717, 1.165) is 51.5 Å². The highest BCUT2D eigenvalue weighted by molar-refractivity contribution is 5.83. The van der Waals surface area contributed by atoms with Gasteiger partial charge in [0.2, 0.25) is 5.91 Å². The maximum absolute atomic E-state index is 13.4. The number of aliphatic hydroxyl groups is 1. The van der Waals surface area contributed by atoms with Crippen LogP contribution in [0.5, 0.6) is 0 Å². The van der Waals surface area contributed by atoms with E-state index in [1.807, 2.05) is 9.80 Å². The summed E-state index contributed by atoms with van der Waals surface area (Å²) >= 11 is 0. The number of carbonyl (C=O) groups excluding carboxylic acids is 3. The summed E-state index contributed by atoms with van der Waals surface area (Å²) in [6.45, 7) is 2.49. The summed E-state index contributed by atoms with van der Waals surface area (Å²) < 4.78 is 4.66. The molecular formula is C24H38N4O5. The van der Waals surface area contributed by atoms with Crippen LogP contribution in [-0.2, 0) is 9.53 Å². The number of carbonyl (C=O) groups is 3. The predicted octanol–water partition coefficient (Wildman–Crippen LogP) is 1.69. The molecule has 0 spiro atoms. The molecule has 4 amide bonds. The number of amides is 4. The molecule has 2 heterocycles. The van der Waals surface area contributed by atoms with E-state index < -0.39 is 6.09 Å². The molecule has 0 aromatic rings. The lowest BCUT2D eigenvalue weighted by Gasteiger charge is -2.58. The molecule has 4 saturated carbocycles. The van der Waals surface area contributed by atoms with Crippen molar-refractivity contribution in [3.8, 4) is 0 Å². The lowest BCUT2D eigenvalue weighted by molar-refractivity contribution is -0.163. The van der Waals surface area contributed by atoms with Crippen LogP contribution in [0.4, 0.5) is 9.59 Å². The first-order chi connectivity index (χ1) is 15.9. The van der Waals surface area contributed by atoms with Gasteiger partial charge in [-0.25, -0.2) is 9.59 Å². The molecule has 9 heteroatoms. The van der Waals surface area contributed by atoms with Gasteiger partial charge in [0.25, 0.3) is 0 Å². The van der Waals surface area contributed by atoms with Gasteiger partial charge in [0.15, 0.2) is 0 Å². The normalized spacial score (nSPS) is 38.2. The minimum Gasteiger partial charge on any atom is -0.453 e. The molecule has 2 saturated heterocycles. The molecule has 0 aromatic heterocycles. The highest BCUT2D eigenvalue weighted by Crippen LogP contribution is 2.60. The number of hydrogen-bond donors (Lipinski definition) is 3. The number of aliphatic hydroxyl groups excluding tert-OH is 1. The number of nitrogens with one attached hydrogen (secondary N) is 2. The second-order valence-corrected chi connectivity index (χ2v) is 11.2. The molecule has 4 aliphatic carbocycles. The molecule has 2 unspecified atom stereocenters. The first kappa shape index (κ1) is 22.7. The Morgan fingerprint density at radius 3 is 2.27 bits per heavy atom. The van der Waals surface area contributed by atoms with Gasteiger partial charge in [-0.15, -0.1) is 0 Å². The van der Waals surface area contributed by atoms with Crippen molar-refractivity contribution in [1.82, 2.24) is 20.4 Å².